The van der Waals surface area contributed by atoms with E-state index in [1.807, 2.05) is 19.1 Å². The van der Waals surface area contributed by atoms with Gasteiger partial charge in [-0.05, 0) is 55.7 Å². The summed E-state index contributed by atoms with van der Waals surface area (Å²) in [7, 11) is -0.0699. The van der Waals surface area contributed by atoms with E-state index in [2.05, 4.69) is 32.2 Å². The Kier molecular flexibility index (Phi) is 5.79. The van der Waals surface area contributed by atoms with Crippen LogP contribution in [-0.4, -0.2) is 48.1 Å². The number of fused-ring (bicyclic) bond motifs is 2. The summed E-state index contributed by atoms with van der Waals surface area (Å²) in [6, 6.07) is 8.44. The van der Waals surface area contributed by atoms with Gasteiger partial charge in [0.05, 0.1) is 36.0 Å². The molecule has 7 nitrogen and oxygen atoms in total. The maximum atomic E-state index is 14.1. The Balaban J connectivity index is 1.48. The van der Waals surface area contributed by atoms with E-state index in [1.54, 1.807) is 6.07 Å². The fourth-order valence-corrected chi connectivity index (χ4v) is 4.79. The van der Waals surface area contributed by atoms with Crippen molar-refractivity contribution in [1.82, 2.24) is 9.97 Å². The molecule has 9 heteroatoms. The lowest BCUT2D eigenvalue weighted by atomic mass is 10.0. The Bertz CT molecular complexity index is 1200. The average molecular weight is 457 g/mol. The van der Waals surface area contributed by atoms with Crippen molar-refractivity contribution in [2.45, 2.75) is 25.7 Å². The lowest BCUT2D eigenvalue weighted by Gasteiger charge is -2.20. The van der Waals surface area contributed by atoms with Crippen molar-refractivity contribution in [3.63, 3.8) is 0 Å². The number of ether oxygens (including phenoxy) is 3. The predicted octanol–water partition coefficient (Wildman–Crippen LogP) is 4.65. The van der Waals surface area contributed by atoms with Gasteiger partial charge in [-0.25, -0.2) is 18.7 Å². The molecule has 2 unspecified atom stereocenters. The fraction of sp³-hybridized carbons (Fsp3) is 0.391. The lowest BCUT2D eigenvalue weighted by Crippen LogP contribution is -2.26. The van der Waals surface area contributed by atoms with Gasteiger partial charge in [-0.15, -0.1) is 10.7 Å². The summed E-state index contributed by atoms with van der Waals surface area (Å²) in [6.07, 6.45) is 6.10. The van der Waals surface area contributed by atoms with E-state index in [0.717, 1.165) is 28.6 Å². The number of aromatic nitrogens is 2. The second-order valence-corrected chi connectivity index (χ2v) is 9.92. The third-order valence-electron chi connectivity index (χ3n) is 5.67. The maximum absolute atomic E-state index is 14.1. The van der Waals surface area contributed by atoms with E-state index in [-0.39, 0.29) is 34.8 Å². The smallest absolute Gasteiger partial charge is 0.164 e. The number of anilines is 2. The highest BCUT2D eigenvalue weighted by Crippen LogP contribution is 2.38. The number of rotatable bonds is 5. The van der Waals surface area contributed by atoms with Crippen LogP contribution in [0.25, 0.3) is 10.9 Å². The molecule has 0 radical (unpaired) electrons. The molecule has 1 N–H and O–H groups in total. The first-order valence-corrected chi connectivity index (χ1v) is 12.5. The molecule has 0 aliphatic carbocycles. The van der Waals surface area contributed by atoms with Gasteiger partial charge in [-0.1, -0.05) is 0 Å². The van der Waals surface area contributed by atoms with Crippen LogP contribution in [0.4, 0.5) is 21.6 Å². The normalized spacial score (nSPS) is 22.3. The number of hydrogen-bond donors (Lipinski definition) is 1. The highest BCUT2D eigenvalue weighted by molar-refractivity contribution is 7.85. The van der Waals surface area contributed by atoms with E-state index in [4.69, 9.17) is 14.2 Å². The second-order valence-electron chi connectivity index (χ2n) is 8.19. The van der Waals surface area contributed by atoms with Crippen LogP contribution in [0, 0.1) is 18.7 Å². The molecule has 2 saturated heterocycles. The highest BCUT2D eigenvalue weighted by atomic mass is 32.2. The average Bonchev–Trinajstić information content (AvgIpc) is 3.34. The van der Waals surface area contributed by atoms with Gasteiger partial charge in [0.2, 0.25) is 0 Å². The molecule has 2 aliphatic rings. The van der Waals surface area contributed by atoms with E-state index in [1.165, 1.54) is 18.5 Å². The molecule has 5 rings (SSSR count). The van der Waals surface area contributed by atoms with Crippen LogP contribution in [0.15, 0.2) is 41.0 Å². The summed E-state index contributed by atoms with van der Waals surface area (Å²) in [5.74, 6) is 0.834. The van der Waals surface area contributed by atoms with Gasteiger partial charge >= 0.3 is 0 Å². The Labute approximate surface area is 188 Å². The molecule has 0 spiro atoms. The van der Waals surface area contributed by atoms with Crippen LogP contribution < -0.4 is 10.1 Å². The molecule has 0 saturated carbocycles. The first kappa shape index (κ1) is 21.2. The zero-order valence-electron chi connectivity index (χ0n) is 18.2. The first-order valence-electron chi connectivity index (χ1n) is 10.5. The SMILES string of the molecule is Cc1cc(N=S(C)C)cc2ncnc(Nc3ccc(F)cc3O[C@@H]3COC4OCCC43)c12. The topological polar surface area (TPSA) is 77.9 Å². The Morgan fingerprint density at radius 3 is 2.91 bits per heavy atom. The zero-order chi connectivity index (χ0) is 22.2. The quantitative estimate of drug-likeness (QED) is 0.602. The van der Waals surface area contributed by atoms with Crippen LogP contribution in [0.1, 0.15) is 12.0 Å². The third kappa shape index (κ3) is 4.20. The Hall–Kier alpha value is -2.62. The monoisotopic (exact) mass is 456 g/mol. The zero-order valence-corrected chi connectivity index (χ0v) is 19.0. The molecule has 2 aromatic carbocycles. The molecular weight excluding hydrogens is 431 g/mol. The van der Waals surface area contributed by atoms with E-state index < -0.39 is 0 Å². The summed E-state index contributed by atoms with van der Waals surface area (Å²) < 4.78 is 36.2. The summed E-state index contributed by atoms with van der Waals surface area (Å²) in [6.45, 7) is 3.09. The van der Waals surface area contributed by atoms with Crippen molar-refractivity contribution in [1.29, 1.82) is 0 Å². The van der Waals surface area contributed by atoms with Crippen LogP contribution in [0.5, 0.6) is 5.75 Å². The second kappa shape index (κ2) is 8.73. The minimum absolute atomic E-state index is 0.0699. The lowest BCUT2D eigenvalue weighted by molar-refractivity contribution is -0.0906. The van der Waals surface area contributed by atoms with Crippen molar-refractivity contribution >= 4 is 38.8 Å². The van der Waals surface area contributed by atoms with Gasteiger partial charge in [0.25, 0.3) is 0 Å². The van der Waals surface area contributed by atoms with Gasteiger partial charge in [-0.3, -0.25) is 0 Å². The minimum atomic E-state index is -0.367. The van der Waals surface area contributed by atoms with Crippen molar-refractivity contribution in [2.24, 2.45) is 10.3 Å². The molecule has 2 aliphatic heterocycles. The predicted molar refractivity (Wildman–Crippen MR) is 123 cm³/mol. The van der Waals surface area contributed by atoms with Gasteiger partial charge < -0.3 is 19.5 Å². The molecule has 0 bridgehead atoms. The third-order valence-corrected chi connectivity index (χ3v) is 6.24. The molecule has 32 heavy (non-hydrogen) atoms. The van der Waals surface area contributed by atoms with Gasteiger partial charge in [-0.2, -0.15) is 0 Å². The minimum Gasteiger partial charge on any atom is -0.485 e. The molecule has 168 valence electrons. The van der Waals surface area contributed by atoms with E-state index in [9.17, 15) is 4.39 Å². The number of aryl methyl sites for hydroxylation is 1. The van der Waals surface area contributed by atoms with Crippen LogP contribution in [0.3, 0.4) is 0 Å². The number of nitrogens with zero attached hydrogens (tertiary/aromatic N) is 3. The molecule has 1 aromatic heterocycles. The molecule has 3 atom stereocenters. The van der Waals surface area contributed by atoms with Gasteiger partial charge in [0.1, 0.15) is 29.8 Å². The van der Waals surface area contributed by atoms with E-state index in [0.29, 0.717) is 30.5 Å². The molecule has 3 heterocycles. The number of hydrogen-bond acceptors (Lipinski definition) is 7. The van der Waals surface area contributed by atoms with Crippen molar-refractivity contribution < 1.29 is 18.6 Å². The van der Waals surface area contributed by atoms with Gasteiger partial charge in [0, 0.05) is 11.5 Å². The van der Waals surface area contributed by atoms with Crippen molar-refractivity contribution in [3.8, 4) is 5.75 Å². The van der Waals surface area contributed by atoms with Crippen LogP contribution in [0.2, 0.25) is 0 Å². The molecule has 0 amide bonds. The highest BCUT2D eigenvalue weighted by Gasteiger charge is 2.43. The largest absolute Gasteiger partial charge is 0.485 e. The number of benzene rings is 2. The van der Waals surface area contributed by atoms with E-state index >= 15 is 0 Å². The van der Waals surface area contributed by atoms with Crippen molar-refractivity contribution in [2.75, 3.05) is 31.0 Å². The number of halogens is 1. The molecule has 3 aromatic rings. The van der Waals surface area contributed by atoms with Gasteiger partial charge in [0.15, 0.2) is 6.29 Å². The van der Waals surface area contributed by atoms with Crippen LogP contribution in [-0.2, 0) is 20.2 Å². The standard InChI is InChI=1S/C23H25FN4O3S/c1-13-8-15(28-32(2)3)10-18-21(13)22(26-12-25-18)27-17-5-4-14(24)9-19(17)31-20-11-30-23-16(20)6-7-29-23/h4-5,8-10,12,16,20,23H,6-7,11H2,1-3H3,(H,25,26,27)/t16?,20-,23?/m1/s1. The molecular formula is C23H25FN4O3S. The summed E-state index contributed by atoms with van der Waals surface area (Å²) in [5.41, 5.74) is 3.33. The van der Waals surface area contributed by atoms with Crippen molar-refractivity contribution in [3.05, 3.63) is 48.0 Å². The molecule has 2 fully saturated rings. The Morgan fingerprint density at radius 2 is 2.06 bits per heavy atom. The Morgan fingerprint density at radius 1 is 1.19 bits per heavy atom. The first-order chi connectivity index (χ1) is 15.5. The summed E-state index contributed by atoms with van der Waals surface area (Å²) in [5, 5.41) is 4.22. The fourth-order valence-electron chi connectivity index (χ4n) is 4.27. The maximum Gasteiger partial charge on any atom is 0.164 e. The summed E-state index contributed by atoms with van der Waals surface area (Å²) in [4.78, 5) is 8.90. The van der Waals surface area contributed by atoms with Crippen LogP contribution >= 0.6 is 0 Å². The number of nitrogens with one attached hydrogen (secondary N) is 1. The summed E-state index contributed by atoms with van der Waals surface area (Å²) >= 11 is 0.